The molecule has 1 heterocycles. The zero-order valence-corrected chi connectivity index (χ0v) is 17.8. The first-order chi connectivity index (χ1) is 13.1. The Bertz CT molecular complexity index is 734. The molecule has 0 aromatic heterocycles. The van der Waals surface area contributed by atoms with Crippen molar-refractivity contribution in [2.24, 2.45) is 0 Å². The molecule has 2 rings (SSSR count). The van der Waals surface area contributed by atoms with Gasteiger partial charge in [-0.2, -0.15) is 0 Å². The predicted octanol–water partition coefficient (Wildman–Crippen LogP) is -0.597. The number of nitrogens with zero attached hydrogens (tertiary/aromatic N) is 1. The monoisotopic (exact) mass is 506 g/mol. The van der Waals surface area contributed by atoms with Gasteiger partial charge < -0.3 is 0 Å². The van der Waals surface area contributed by atoms with Crippen LogP contribution < -0.4 is 8.93 Å². The Kier molecular flexibility index (Phi) is 9.16. The molecule has 1 fully saturated rings. The van der Waals surface area contributed by atoms with Crippen molar-refractivity contribution in [1.82, 2.24) is 10.2 Å². The molecule has 0 radical (unpaired) electrons. The molecule has 0 saturated carbocycles. The first-order valence-corrected chi connectivity index (χ1v) is 10.8. The van der Waals surface area contributed by atoms with E-state index >= 15 is 0 Å². The molecule has 0 spiro atoms. The summed E-state index contributed by atoms with van der Waals surface area (Å²) in [7, 11) is 1.49. The number of hydrogen-bond donors (Lipinski definition) is 3. The van der Waals surface area contributed by atoms with Crippen molar-refractivity contribution in [3.63, 3.8) is 0 Å². The average molecular weight is 504 g/mol. The van der Waals surface area contributed by atoms with E-state index in [1.807, 2.05) is 30.3 Å². The van der Waals surface area contributed by atoms with Gasteiger partial charge in [0.15, 0.2) is 0 Å². The van der Waals surface area contributed by atoms with Gasteiger partial charge in [-0.3, -0.25) is 0 Å². The number of nitrogens with one attached hydrogen (secondary N) is 1. The number of rotatable bonds is 7. The van der Waals surface area contributed by atoms with Gasteiger partial charge in [-0.05, 0) is 0 Å². The van der Waals surface area contributed by atoms with Gasteiger partial charge in [0.1, 0.15) is 0 Å². The molecule has 1 aliphatic rings. The van der Waals surface area contributed by atoms with Gasteiger partial charge in [-0.25, -0.2) is 0 Å². The molecule has 1 aromatic rings. The van der Waals surface area contributed by atoms with Gasteiger partial charge in [-0.1, -0.05) is 0 Å². The van der Waals surface area contributed by atoms with Crippen molar-refractivity contribution >= 4 is 49.8 Å². The summed E-state index contributed by atoms with van der Waals surface area (Å²) in [6.07, 6.45) is -0.0137. The molecule has 144 valence electrons. The number of hydrogen-bond acceptors (Lipinski definition) is 6. The first kappa shape index (κ1) is 21.8. The number of carbonyl (C=O) groups excluding carboxylic acids is 2. The summed E-state index contributed by atoms with van der Waals surface area (Å²) in [5.74, 6) is 2.46. The van der Waals surface area contributed by atoms with E-state index in [2.05, 4.69) is 28.1 Å². The minimum atomic E-state index is -0.794. The molecule has 2 amide bonds. The van der Waals surface area contributed by atoms with E-state index in [1.165, 1.54) is 18.1 Å². The van der Waals surface area contributed by atoms with Gasteiger partial charge in [0.05, 0.1) is 0 Å². The standard InChI is InChI=1S/C18H20N2O5STe/c1-19-18(23)13(7-8-27-14-5-3-2-4-6-14)10-20(12-21)17-9-15(22)16(25-17)11-24-26/h2-6,10,12,15-17,22,26H,9,11H2,1H3,(H,19,23)/b13-10-. The average Bonchev–Trinajstić information content (AvgIpc) is 3.05. The van der Waals surface area contributed by atoms with Gasteiger partial charge in [-0.15, -0.1) is 0 Å². The van der Waals surface area contributed by atoms with Crippen LogP contribution in [0.2, 0.25) is 0 Å². The Labute approximate surface area is 173 Å². The van der Waals surface area contributed by atoms with Gasteiger partial charge in [0.25, 0.3) is 0 Å². The van der Waals surface area contributed by atoms with Crippen molar-refractivity contribution in [3.8, 4) is 9.89 Å². The number of aliphatic hydroxyl groups excluding tert-OH is 1. The molecule has 1 saturated heterocycles. The van der Waals surface area contributed by atoms with Crippen LogP contribution >= 0.6 is 12.9 Å². The molecule has 3 atom stereocenters. The van der Waals surface area contributed by atoms with Crippen LogP contribution in [-0.2, 0) is 18.5 Å². The van der Waals surface area contributed by atoms with Crippen LogP contribution in [0.4, 0.5) is 0 Å². The molecule has 0 bridgehead atoms. The van der Waals surface area contributed by atoms with E-state index in [0.29, 0.717) is 6.41 Å². The van der Waals surface area contributed by atoms with Crippen molar-refractivity contribution in [2.45, 2.75) is 24.9 Å². The fourth-order valence-corrected chi connectivity index (χ4v) is 4.14. The van der Waals surface area contributed by atoms with E-state index < -0.39 is 45.3 Å². The zero-order valence-electron chi connectivity index (χ0n) is 14.6. The van der Waals surface area contributed by atoms with E-state index in [1.54, 1.807) is 0 Å². The molecular formula is C18H20N2O5STe. The van der Waals surface area contributed by atoms with Gasteiger partial charge in [0, 0.05) is 0 Å². The van der Waals surface area contributed by atoms with Gasteiger partial charge in [0.2, 0.25) is 0 Å². The van der Waals surface area contributed by atoms with Crippen molar-refractivity contribution in [2.75, 3.05) is 13.7 Å². The quantitative estimate of drug-likeness (QED) is 0.116. The fourth-order valence-electron chi connectivity index (χ4n) is 2.36. The topological polar surface area (TPSA) is 88.1 Å². The summed E-state index contributed by atoms with van der Waals surface area (Å²) < 4.78 is 14.5. The van der Waals surface area contributed by atoms with Crippen LogP contribution in [0.25, 0.3) is 0 Å². The Hall–Kier alpha value is -1.52. The van der Waals surface area contributed by atoms with Crippen molar-refractivity contribution in [3.05, 3.63) is 42.1 Å². The second-order valence-electron chi connectivity index (χ2n) is 5.54. The Morgan fingerprint density at radius 3 is 2.89 bits per heavy atom. The molecule has 9 heteroatoms. The summed E-state index contributed by atoms with van der Waals surface area (Å²) in [4.78, 5) is 24.8. The Morgan fingerprint density at radius 1 is 1.52 bits per heavy atom. The molecule has 1 aliphatic heterocycles. The second-order valence-corrected chi connectivity index (χ2v) is 8.31. The van der Waals surface area contributed by atoms with E-state index in [9.17, 15) is 14.7 Å². The third-order valence-corrected chi connectivity index (χ3v) is 5.93. The van der Waals surface area contributed by atoms with Crippen LogP contribution in [0.3, 0.4) is 0 Å². The molecule has 7 nitrogen and oxygen atoms in total. The van der Waals surface area contributed by atoms with Crippen LogP contribution in [0.1, 0.15) is 6.42 Å². The fraction of sp³-hybridized carbons (Fsp3) is 0.333. The van der Waals surface area contributed by atoms with Gasteiger partial charge >= 0.3 is 174 Å². The van der Waals surface area contributed by atoms with Crippen LogP contribution in [0, 0.1) is 9.89 Å². The number of aliphatic hydroxyl groups is 1. The summed E-state index contributed by atoms with van der Waals surface area (Å²) in [6.45, 7) is 0.0849. The summed E-state index contributed by atoms with van der Waals surface area (Å²) in [5, 5.41) is 12.5. The van der Waals surface area contributed by atoms with Crippen molar-refractivity contribution < 1.29 is 23.6 Å². The zero-order chi connectivity index (χ0) is 19.6. The normalized spacial score (nSPS) is 21.9. The molecule has 27 heavy (non-hydrogen) atoms. The summed E-state index contributed by atoms with van der Waals surface area (Å²) >= 11 is 2.87. The number of amides is 2. The maximum absolute atomic E-state index is 12.1. The third kappa shape index (κ3) is 6.54. The number of likely N-dealkylation sites (N-methyl/N-ethyl adjacent to an activating group) is 1. The number of ether oxygens (including phenoxy) is 1. The second kappa shape index (κ2) is 11.4. The minimum absolute atomic E-state index is 0.0849. The molecular weight excluding hydrogens is 484 g/mol. The molecule has 1 aromatic carbocycles. The third-order valence-electron chi connectivity index (χ3n) is 3.74. The summed E-state index contributed by atoms with van der Waals surface area (Å²) in [6, 6.07) is 9.81. The Morgan fingerprint density at radius 2 is 2.26 bits per heavy atom. The van der Waals surface area contributed by atoms with E-state index in [4.69, 9.17) is 8.92 Å². The number of benzene rings is 1. The Balaban J connectivity index is 2.15. The van der Waals surface area contributed by atoms with Crippen LogP contribution in [0.5, 0.6) is 0 Å². The molecule has 0 aliphatic carbocycles. The van der Waals surface area contributed by atoms with Crippen molar-refractivity contribution in [1.29, 1.82) is 0 Å². The van der Waals surface area contributed by atoms with Crippen LogP contribution in [0.15, 0.2) is 42.1 Å². The predicted molar refractivity (Wildman–Crippen MR) is 104 cm³/mol. The number of carbonyl (C=O) groups is 2. The van der Waals surface area contributed by atoms with E-state index in [0.717, 1.165) is 3.61 Å². The van der Waals surface area contributed by atoms with Crippen LogP contribution in [-0.4, -0.2) is 75.3 Å². The summed E-state index contributed by atoms with van der Waals surface area (Å²) in [5.41, 5.74) is 0.151. The molecule has 3 unspecified atom stereocenters. The maximum atomic E-state index is 12.1. The first-order valence-electron chi connectivity index (χ1n) is 8.08. The molecule has 2 N–H and O–H groups in total. The number of thiol groups is 1. The van der Waals surface area contributed by atoms with E-state index in [-0.39, 0.29) is 18.6 Å². The SMILES string of the molecule is CNC(=O)/C(C#C[Te]c1ccccc1)=C\N(C=O)C1CC(O)C(COS)O1.